The summed E-state index contributed by atoms with van der Waals surface area (Å²) in [6.45, 7) is 9.96. The van der Waals surface area contributed by atoms with Crippen LogP contribution in [-0.4, -0.2) is 33.7 Å². The Morgan fingerprint density at radius 3 is 2.28 bits per heavy atom. The Hall–Kier alpha value is -5.38. The number of aromatic amines is 1. The number of H-pyrrole nitrogens is 1. The smallest absolute Gasteiger partial charge is 0.340 e. The Labute approximate surface area is 266 Å². The number of carbonyl (C=O) groups is 2. The number of anilines is 4. The lowest BCUT2D eigenvalue weighted by molar-refractivity contribution is -0.117. The Bertz CT molecular complexity index is 1860. The summed E-state index contributed by atoms with van der Waals surface area (Å²) in [5.41, 5.74) is 3.53. The van der Waals surface area contributed by atoms with Crippen LogP contribution in [0.3, 0.4) is 0 Å². The fourth-order valence-corrected chi connectivity index (χ4v) is 4.87. The Morgan fingerprint density at radius 2 is 1.63 bits per heavy atom. The second kappa shape index (κ2) is 13.3. The summed E-state index contributed by atoms with van der Waals surface area (Å²) < 4.78 is 34.0. The molecule has 236 valence electrons. The number of aryl methyl sites for hydroxylation is 1. The minimum Gasteiger partial charge on any atom is -0.462 e. The second-order valence-corrected chi connectivity index (χ2v) is 11.9. The number of nitrogens with one attached hydrogen (secondary N) is 2. The van der Waals surface area contributed by atoms with E-state index in [2.05, 4.69) is 20.5 Å². The van der Waals surface area contributed by atoms with Crippen molar-refractivity contribution in [2.75, 3.05) is 16.8 Å². The molecule has 2 aromatic heterocycles. The number of aromatic nitrogens is 3. The third-order valence-electron chi connectivity index (χ3n) is 7.28. The van der Waals surface area contributed by atoms with Gasteiger partial charge in [0.1, 0.15) is 29.0 Å². The first kappa shape index (κ1) is 32.0. The summed E-state index contributed by atoms with van der Waals surface area (Å²) in [5, 5.41) is 10.2. The summed E-state index contributed by atoms with van der Waals surface area (Å²) in [6, 6.07) is 23.1. The van der Waals surface area contributed by atoms with Crippen LogP contribution in [0.5, 0.6) is 0 Å². The molecule has 0 atom stereocenters. The van der Waals surface area contributed by atoms with E-state index in [1.54, 1.807) is 30.0 Å². The molecule has 0 fully saturated rings. The van der Waals surface area contributed by atoms with Crippen molar-refractivity contribution in [2.24, 2.45) is 0 Å². The molecule has 0 radical (unpaired) electrons. The monoisotopic (exact) mass is 623 g/mol. The SMILES string of the molecule is CCOC(=O)c1ccc(Nc2c(F)cccc2F)nc1-c1cccc(CC(=O)N(c2ccc(C)cc2)c2cc(C(C)(C)C)n[nH]2)c1. The molecule has 1 amide bonds. The lowest BCUT2D eigenvalue weighted by Crippen LogP contribution is -2.28. The van der Waals surface area contributed by atoms with Gasteiger partial charge in [-0.25, -0.2) is 18.6 Å². The first-order chi connectivity index (χ1) is 21.9. The van der Waals surface area contributed by atoms with Crippen molar-refractivity contribution in [2.45, 2.75) is 46.5 Å². The highest BCUT2D eigenvalue weighted by atomic mass is 19.1. The zero-order valence-electron chi connectivity index (χ0n) is 26.3. The van der Waals surface area contributed by atoms with Gasteiger partial charge in [-0.3, -0.25) is 14.8 Å². The van der Waals surface area contributed by atoms with Gasteiger partial charge in [0.2, 0.25) is 5.91 Å². The van der Waals surface area contributed by atoms with Crippen molar-refractivity contribution in [3.05, 3.63) is 119 Å². The maximum absolute atomic E-state index is 14.4. The maximum Gasteiger partial charge on any atom is 0.340 e. The molecule has 2 N–H and O–H groups in total. The molecule has 5 aromatic rings. The summed E-state index contributed by atoms with van der Waals surface area (Å²) in [6.07, 6.45) is 0.0126. The molecule has 3 aromatic carbocycles. The van der Waals surface area contributed by atoms with Gasteiger partial charge in [0.15, 0.2) is 0 Å². The van der Waals surface area contributed by atoms with Gasteiger partial charge in [-0.1, -0.05) is 62.7 Å². The van der Waals surface area contributed by atoms with Crippen LogP contribution in [-0.2, 0) is 21.4 Å². The average Bonchev–Trinajstić information content (AvgIpc) is 3.51. The number of halogens is 2. The van der Waals surface area contributed by atoms with Gasteiger partial charge in [0, 0.05) is 17.0 Å². The van der Waals surface area contributed by atoms with Crippen molar-refractivity contribution in [3.8, 4) is 11.3 Å². The molecule has 2 heterocycles. The first-order valence-corrected chi connectivity index (χ1v) is 14.9. The molecule has 8 nitrogen and oxygen atoms in total. The molecule has 0 aliphatic carbocycles. The van der Waals surface area contributed by atoms with Crippen molar-refractivity contribution < 1.29 is 23.1 Å². The zero-order valence-corrected chi connectivity index (χ0v) is 26.3. The van der Waals surface area contributed by atoms with Gasteiger partial charge in [-0.05, 0) is 61.9 Å². The fraction of sp³-hybridized carbons (Fsp3) is 0.222. The molecule has 0 aliphatic heterocycles. The van der Waals surface area contributed by atoms with E-state index in [9.17, 15) is 18.4 Å². The van der Waals surface area contributed by atoms with Crippen LogP contribution in [0.1, 0.15) is 54.9 Å². The van der Waals surface area contributed by atoms with E-state index in [4.69, 9.17) is 4.74 Å². The quantitative estimate of drug-likeness (QED) is 0.161. The minimum absolute atomic E-state index is 0.0126. The number of nitrogens with zero attached hydrogens (tertiary/aromatic N) is 3. The van der Waals surface area contributed by atoms with Crippen molar-refractivity contribution in [1.82, 2.24) is 15.2 Å². The molecular formula is C36H35F2N5O3. The van der Waals surface area contributed by atoms with Gasteiger partial charge in [-0.2, -0.15) is 5.10 Å². The van der Waals surface area contributed by atoms with Crippen LogP contribution in [0.4, 0.5) is 31.8 Å². The third-order valence-corrected chi connectivity index (χ3v) is 7.28. The average molecular weight is 624 g/mol. The molecule has 0 spiro atoms. The molecule has 0 saturated carbocycles. The van der Waals surface area contributed by atoms with E-state index in [1.807, 2.05) is 64.1 Å². The van der Waals surface area contributed by atoms with E-state index in [1.165, 1.54) is 18.2 Å². The second-order valence-electron chi connectivity index (χ2n) is 11.9. The van der Waals surface area contributed by atoms with Gasteiger partial charge in [0.25, 0.3) is 0 Å². The third kappa shape index (κ3) is 7.12. The zero-order chi connectivity index (χ0) is 33.0. The molecule has 0 unspecified atom stereocenters. The normalized spacial score (nSPS) is 11.3. The van der Waals surface area contributed by atoms with Crippen LogP contribution >= 0.6 is 0 Å². The highest BCUT2D eigenvalue weighted by Crippen LogP contribution is 2.31. The van der Waals surface area contributed by atoms with Crippen molar-refractivity contribution >= 4 is 34.9 Å². The number of benzene rings is 3. The molecular weight excluding hydrogens is 588 g/mol. The van der Waals surface area contributed by atoms with Crippen LogP contribution in [0.15, 0.2) is 84.9 Å². The lowest BCUT2D eigenvalue weighted by Gasteiger charge is -2.22. The Kier molecular flexibility index (Phi) is 9.27. The number of pyridine rings is 1. The van der Waals surface area contributed by atoms with E-state index in [-0.39, 0.29) is 47.1 Å². The predicted molar refractivity (Wildman–Crippen MR) is 175 cm³/mol. The molecule has 0 saturated heterocycles. The highest BCUT2D eigenvalue weighted by molar-refractivity contribution is 6.01. The fourth-order valence-electron chi connectivity index (χ4n) is 4.87. The molecule has 0 aliphatic rings. The van der Waals surface area contributed by atoms with Gasteiger partial charge in [0.05, 0.1) is 35.7 Å². The number of ether oxygens (including phenoxy) is 1. The largest absolute Gasteiger partial charge is 0.462 e. The number of hydrogen-bond donors (Lipinski definition) is 2. The highest BCUT2D eigenvalue weighted by Gasteiger charge is 2.25. The number of hydrogen-bond acceptors (Lipinski definition) is 6. The number of rotatable bonds is 9. The summed E-state index contributed by atoms with van der Waals surface area (Å²) in [7, 11) is 0. The molecule has 0 bridgehead atoms. The molecule has 5 rings (SSSR count). The number of esters is 1. The Morgan fingerprint density at radius 1 is 0.935 bits per heavy atom. The first-order valence-electron chi connectivity index (χ1n) is 14.9. The van der Waals surface area contributed by atoms with E-state index < -0.39 is 17.6 Å². The van der Waals surface area contributed by atoms with Gasteiger partial charge >= 0.3 is 5.97 Å². The van der Waals surface area contributed by atoms with Gasteiger partial charge < -0.3 is 10.1 Å². The number of carbonyl (C=O) groups excluding carboxylic acids is 2. The predicted octanol–water partition coefficient (Wildman–Crippen LogP) is 8.18. The van der Waals surface area contributed by atoms with Crippen LogP contribution in [0, 0.1) is 18.6 Å². The Balaban J connectivity index is 1.51. The molecule has 10 heteroatoms. The number of para-hydroxylation sites is 1. The van der Waals surface area contributed by atoms with Crippen LogP contribution < -0.4 is 10.2 Å². The topological polar surface area (TPSA) is 100 Å². The minimum atomic E-state index is -0.789. The maximum atomic E-state index is 14.4. The lowest BCUT2D eigenvalue weighted by atomic mass is 9.92. The molecule has 46 heavy (non-hydrogen) atoms. The summed E-state index contributed by atoms with van der Waals surface area (Å²) >= 11 is 0. The van der Waals surface area contributed by atoms with E-state index in [0.29, 0.717) is 22.6 Å². The number of amides is 1. The van der Waals surface area contributed by atoms with Crippen molar-refractivity contribution in [1.29, 1.82) is 0 Å². The van der Waals surface area contributed by atoms with E-state index >= 15 is 0 Å². The standard InChI is InChI=1S/C36H35F2N5O3/c1-6-46-35(45)26-17-18-30(40-34-27(37)11-8-12-28(34)38)39-33(26)24-10-7-9-23(19-24)20-32(44)43(25-15-13-22(2)14-16-25)31-21-29(41-42-31)36(3,4)5/h7-19,21H,6,20H2,1-5H3,(H,39,40)(H,41,42). The van der Waals surface area contributed by atoms with Crippen molar-refractivity contribution in [3.63, 3.8) is 0 Å². The van der Waals surface area contributed by atoms with Crippen LogP contribution in [0.2, 0.25) is 0 Å². The van der Waals surface area contributed by atoms with Crippen LogP contribution in [0.25, 0.3) is 11.3 Å². The van der Waals surface area contributed by atoms with Gasteiger partial charge in [-0.15, -0.1) is 0 Å². The van der Waals surface area contributed by atoms with E-state index in [0.717, 1.165) is 23.4 Å². The summed E-state index contributed by atoms with van der Waals surface area (Å²) in [5.74, 6) is -1.73. The summed E-state index contributed by atoms with van der Waals surface area (Å²) in [4.78, 5) is 33.1.